The molecule has 0 amide bonds. The van der Waals surface area contributed by atoms with Crippen molar-refractivity contribution in [1.82, 2.24) is 0 Å². The van der Waals surface area contributed by atoms with Crippen LogP contribution in [0.4, 0.5) is 0 Å². The van der Waals surface area contributed by atoms with Gasteiger partial charge in [0, 0.05) is 15.9 Å². The summed E-state index contributed by atoms with van der Waals surface area (Å²) in [6.45, 7) is 5.42. The molecule has 94 valence electrons. The molecule has 0 bridgehead atoms. The Labute approximate surface area is 119 Å². The van der Waals surface area contributed by atoms with Crippen LogP contribution in [0, 0.1) is 0 Å². The van der Waals surface area contributed by atoms with Crippen LogP contribution in [0.25, 0.3) is 0 Å². The van der Waals surface area contributed by atoms with Gasteiger partial charge in [-0.25, -0.2) is 4.79 Å². The Morgan fingerprint density at radius 1 is 1.35 bits per heavy atom. The fourth-order valence-electron chi connectivity index (χ4n) is 1.21. The standard InChI is InChI=1S/C12H13BrCl2O2/c1-12(2,3)17-11(16)7-4-5-9(14)8(6-13)10(7)15/h4-5H,6H2,1-3H3. The van der Waals surface area contributed by atoms with Gasteiger partial charge in [0.05, 0.1) is 10.6 Å². The van der Waals surface area contributed by atoms with E-state index in [0.717, 1.165) is 0 Å². The van der Waals surface area contributed by atoms with E-state index in [1.807, 2.05) is 0 Å². The van der Waals surface area contributed by atoms with Crippen LogP contribution < -0.4 is 0 Å². The van der Waals surface area contributed by atoms with Crippen molar-refractivity contribution < 1.29 is 9.53 Å². The zero-order chi connectivity index (χ0) is 13.2. The number of alkyl halides is 1. The summed E-state index contributed by atoms with van der Waals surface area (Å²) >= 11 is 15.4. The van der Waals surface area contributed by atoms with E-state index < -0.39 is 11.6 Å². The van der Waals surface area contributed by atoms with Crippen LogP contribution in [0.1, 0.15) is 36.7 Å². The molecule has 0 saturated carbocycles. The maximum absolute atomic E-state index is 11.9. The number of hydrogen-bond acceptors (Lipinski definition) is 2. The van der Waals surface area contributed by atoms with E-state index in [2.05, 4.69) is 15.9 Å². The second-order valence-electron chi connectivity index (χ2n) is 4.52. The van der Waals surface area contributed by atoms with Gasteiger partial charge >= 0.3 is 5.97 Å². The zero-order valence-corrected chi connectivity index (χ0v) is 12.9. The fourth-order valence-corrected chi connectivity index (χ4v) is 2.70. The minimum Gasteiger partial charge on any atom is -0.456 e. The molecule has 0 N–H and O–H groups in total. The van der Waals surface area contributed by atoms with Crippen LogP contribution in [-0.4, -0.2) is 11.6 Å². The van der Waals surface area contributed by atoms with Crippen LogP contribution in [0.15, 0.2) is 12.1 Å². The average molecular weight is 340 g/mol. The van der Waals surface area contributed by atoms with Gasteiger partial charge in [-0.1, -0.05) is 39.1 Å². The Balaban J connectivity index is 3.12. The third-order valence-corrected chi connectivity index (χ3v) is 3.29. The van der Waals surface area contributed by atoms with Crippen molar-refractivity contribution in [3.63, 3.8) is 0 Å². The van der Waals surface area contributed by atoms with Crippen LogP contribution in [0.3, 0.4) is 0 Å². The minimum atomic E-state index is -0.547. The van der Waals surface area contributed by atoms with Crippen molar-refractivity contribution in [1.29, 1.82) is 0 Å². The van der Waals surface area contributed by atoms with Crippen molar-refractivity contribution in [2.75, 3.05) is 0 Å². The molecule has 0 atom stereocenters. The Kier molecular flexibility index (Phi) is 4.87. The minimum absolute atomic E-state index is 0.334. The lowest BCUT2D eigenvalue weighted by atomic mass is 10.1. The largest absolute Gasteiger partial charge is 0.456 e. The Morgan fingerprint density at radius 3 is 2.41 bits per heavy atom. The smallest absolute Gasteiger partial charge is 0.340 e. The number of benzene rings is 1. The van der Waals surface area contributed by atoms with Crippen LogP contribution >= 0.6 is 39.1 Å². The Morgan fingerprint density at radius 2 is 1.94 bits per heavy atom. The van der Waals surface area contributed by atoms with E-state index in [4.69, 9.17) is 27.9 Å². The first kappa shape index (κ1) is 14.8. The molecular formula is C12H13BrCl2O2. The third-order valence-electron chi connectivity index (χ3n) is 1.94. The molecular weight excluding hydrogens is 327 g/mol. The highest BCUT2D eigenvalue weighted by molar-refractivity contribution is 9.08. The molecule has 2 nitrogen and oxygen atoms in total. The molecule has 1 aromatic carbocycles. The maximum atomic E-state index is 11.9. The summed E-state index contributed by atoms with van der Waals surface area (Å²) in [5.41, 5.74) is 0.478. The van der Waals surface area contributed by atoms with Gasteiger partial charge in [0.25, 0.3) is 0 Å². The molecule has 0 heterocycles. The molecule has 0 unspecified atom stereocenters. The van der Waals surface area contributed by atoms with Gasteiger partial charge in [-0.3, -0.25) is 0 Å². The topological polar surface area (TPSA) is 26.3 Å². The number of ether oxygens (including phenoxy) is 1. The van der Waals surface area contributed by atoms with Crippen molar-refractivity contribution in [2.45, 2.75) is 31.7 Å². The highest BCUT2D eigenvalue weighted by Gasteiger charge is 2.21. The molecule has 0 aliphatic carbocycles. The number of rotatable bonds is 2. The van der Waals surface area contributed by atoms with Crippen LogP contribution in [-0.2, 0) is 10.1 Å². The second kappa shape index (κ2) is 5.59. The lowest BCUT2D eigenvalue weighted by Gasteiger charge is -2.20. The van der Waals surface area contributed by atoms with Crippen molar-refractivity contribution in [3.05, 3.63) is 33.3 Å². The number of halogens is 3. The molecule has 5 heteroatoms. The summed E-state index contributed by atoms with van der Waals surface area (Å²) in [6.07, 6.45) is 0. The highest BCUT2D eigenvalue weighted by atomic mass is 79.9. The molecule has 0 spiro atoms. The average Bonchev–Trinajstić information content (AvgIpc) is 2.15. The summed E-state index contributed by atoms with van der Waals surface area (Å²) in [4.78, 5) is 11.9. The zero-order valence-electron chi connectivity index (χ0n) is 9.81. The lowest BCUT2D eigenvalue weighted by molar-refractivity contribution is 0.00697. The monoisotopic (exact) mass is 338 g/mol. The molecule has 0 aliphatic rings. The normalized spacial score (nSPS) is 11.4. The third kappa shape index (κ3) is 3.87. The summed E-state index contributed by atoms with van der Waals surface area (Å²) in [6, 6.07) is 3.22. The number of hydrogen-bond donors (Lipinski definition) is 0. The maximum Gasteiger partial charge on any atom is 0.340 e. The molecule has 1 rings (SSSR count). The number of carbonyl (C=O) groups excluding carboxylic acids is 1. The van der Waals surface area contributed by atoms with Gasteiger partial charge in [0.15, 0.2) is 0 Å². The molecule has 0 aliphatic heterocycles. The van der Waals surface area contributed by atoms with E-state index in [-0.39, 0.29) is 0 Å². The summed E-state index contributed by atoms with van der Waals surface area (Å²) < 4.78 is 5.26. The molecule has 0 radical (unpaired) electrons. The second-order valence-corrected chi connectivity index (χ2v) is 5.87. The number of carbonyl (C=O) groups is 1. The van der Waals surface area contributed by atoms with E-state index >= 15 is 0 Å². The summed E-state index contributed by atoms with van der Waals surface area (Å²) in [5, 5.41) is 1.35. The van der Waals surface area contributed by atoms with Gasteiger partial charge in [-0.2, -0.15) is 0 Å². The van der Waals surface area contributed by atoms with E-state index in [9.17, 15) is 4.79 Å². The SMILES string of the molecule is CC(C)(C)OC(=O)c1ccc(Cl)c(CBr)c1Cl. The van der Waals surface area contributed by atoms with Crippen molar-refractivity contribution in [2.24, 2.45) is 0 Å². The summed E-state index contributed by atoms with van der Waals surface area (Å²) in [5.74, 6) is -0.443. The van der Waals surface area contributed by atoms with Gasteiger partial charge in [-0.15, -0.1) is 0 Å². The molecule has 0 aromatic heterocycles. The lowest BCUT2D eigenvalue weighted by Crippen LogP contribution is -2.24. The molecule has 0 fully saturated rings. The van der Waals surface area contributed by atoms with E-state index in [1.54, 1.807) is 32.9 Å². The van der Waals surface area contributed by atoms with Gasteiger partial charge in [0.1, 0.15) is 5.60 Å². The van der Waals surface area contributed by atoms with Crippen LogP contribution in [0.2, 0.25) is 10.0 Å². The predicted octanol–water partition coefficient (Wildman–Crippen LogP) is 4.84. The van der Waals surface area contributed by atoms with Gasteiger partial charge in [-0.05, 0) is 32.9 Å². The molecule has 0 saturated heterocycles. The molecule has 17 heavy (non-hydrogen) atoms. The van der Waals surface area contributed by atoms with Gasteiger partial charge < -0.3 is 4.74 Å². The van der Waals surface area contributed by atoms with Gasteiger partial charge in [0.2, 0.25) is 0 Å². The van der Waals surface area contributed by atoms with E-state index in [0.29, 0.717) is 26.5 Å². The first-order chi connectivity index (χ1) is 7.76. The summed E-state index contributed by atoms with van der Waals surface area (Å²) in [7, 11) is 0. The fraction of sp³-hybridized carbons (Fsp3) is 0.417. The van der Waals surface area contributed by atoms with Crippen LogP contribution in [0.5, 0.6) is 0 Å². The number of esters is 1. The van der Waals surface area contributed by atoms with Crippen molar-refractivity contribution >= 4 is 45.1 Å². The Hall–Kier alpha value is -0.250. The predicted molar refractivity (Wildman–Crippen MR) is 74.3 cm³/mol. The highest BCUT2D eigenvalue weighted by Crippen LogP contribution is 2.31. The Bertz CT molecular complexity index is 439. The molecule has 1 aromatic rings. The first-order valence-electron chi connectivity index (χ1n) is 5.02. The van der Waals surface area contributed by atoms with Crippen molar-refractivity contribution in [3.8, 4) is 0 Å². The first-order valence-corrected chi connectivity index (χ1v) is 6.90. The van der Waals surface area contributed by atoms with E-state index in [1.165, 1.54) is 0 Å². The quantitative estimate of drug-likeness (QED) is 0.569.